The fraction of sp³-hybridized carbons (Fsp3) is 0.556. The average molecular weight is 377 g/mol. The van der Waals surface area contributed by atoms with Gasteiger partial charge in [0, 0.05) is 19.2 Å². The van der Waals surface area contributed by atoms with Crippen LogP contribution in [0, 0.1) is 10.1 Å². The molecule has 3 rings (SSSR count). The SMILES string of the molecule is O=C(Cn1c(=O)oc2cc([N+](=O)[O-])ccc21)NCCCOC1CCCCC1. The normalized spacial score (nSPS) is 15.1. The minimum Gasteiger partial charge on any atom is -0.407 e. The van der Waals surface area contributed by atoms with E-state index in [0.717, 1.165) is 17.4 Å². The van der Waals surface area contributed by atoms with Crippen LogP contribution in [0.5, 0.6) is 0 Å². The number of hydrogen-bond donors (Lipinski definition) is 1. The van der Waals surface area contributed by atoms with Crippen LogP contribution >= 0.6 is 0 Å². The molecule has 1 amide bonds. The number of rotatable bonds is 8. The summed E-state index contributed by atoms with van der Waals surface area (Å²) < 4.78 is 12.0. The van der Waals surface area contributed by atoms with Crippen LogP contribution in [0.25, 0.3) is 11.1 Å². The standard InChI is InChI=1S/C18H23N3O6/c22-17(19-9-4-10-26-14-5-2-1-3-6-14)12-20-15-8-7-13(21(24)25)11-16(15)27-18(20)23/h7-8,11,14H,1-6,9-10,12H2,(H,19,22). The van der Waals surface area contributed by atoms with Gasteiger partial charge in [-0.1, -0.05) is 19.3 Å². The summed E-state index contributed by atoms with van der Waals surface area (Å²) in [6.07, 6.45) is 6.99. The number of ether oxygens (including phenoxy) is 1. The molecular weight excluding hydrogens is 354 g/mol. The number of carbonyl (C=O) groups is 1. The predicted octanol–water partition coefficient (Wildman–Crippen LogP) is 2.36. The van der Waals surface area contributed by atoms with Crippen LogP contribution in [0.15, 0.2) is 27.4 Å². The van der Waals surface area contributed by atoms with E-state index < -0.39 is 10.7 Å². The van der Waals surface area contributed by atoms with Crippen molar-refractivity contribution in [1.29, 1.82) is 0 Å². The van der Waals surface area contributed by atoms with E-state index in [0.29, 0.717) is 31.2 Å². The van der Waals surface area contributed by atoms with Crippen LogP contribution in [0.4, 0.5) is 5.69 Å². The Bertz CT molecular complexity index is 866. The molecular formula is C18H23N3O6. The third-order valence-electron chi connectivity index (χ3n) is 4.71. The Labute approximate surface area is 155 Å². The second-order valence-electron chi connectivity index (χ2n) is 6.70. The van der Waals surface area contributed by atoms with Gasteiger partial charge < -0.3 is 14.5 Å². The van der Waals surface area contributed by atoms with Gasteiger partial charge in [0.2, 0.25) is 5.91 Å². The summed E-state index contributed by atoms with van der Waals surface area (Å²) in [5.41, 5.74) is 0.259. The number of fused-ring (bicyclic) bond motifs is 1. The molecule has 1 aliphatic rings. The molecule has 0 atom stereocenters. The van der Waals surface area contributed by atoms with E-state index in [9.17, 15) is 19.7 Å². The van der Waals surface area contributed by atoms with Crippen molar-refractivity contribution in [2.45, 2.75) is 51.2 Å². The van der Waals surface area contributed by atoms with Crippen LogP contribution in [0.1, 0.15) is 38.5 Å². The topological polar surface area (TPSA) is 117 Å². The number of nitro benzene ring substituents is 1. The highest BCUT2D eigenvalue weighted by Crippen LogP contribution is 2.21. The van der Waals surface area contributed by atoms with Gasteiger partial charge in [0.25, 0.3) is 5.69 Å². The minimum absolute atomic E-state index is 0.0860. The Hall–Kier alpha value is -2.68. The Morgan fingerprint density at radius 2 is 2.11 bits per heavy atom. The van der Waals surface area contributed by atoms with Gasteiger partial charge in [-0.05, 0) is 25.3 Å². The van der Waals surface area contributed by atoms with Gasteiger partial charge in [-0.15, -0.1) is 0 Å². The number of amides is 1. The molecule has 0 bridgehead atoms. The van der Waals surface area contributed by atoms with Crippen LogP contribution in [0.3, 0.4) is 0 Å². The molecule has 1 aromatic carbocycles. The number of carbonyl (C=O) groups excluding carboxylic acids is 1. The number of oxazole rings is 1. The van der Waals surface area contributed by atoms with Crippen molar-refractivity contribution in [3.8, 4) is 0 Å². The monoisotopic (exact) mass is 377 g/mol. The van der Waals surface area contributed by atoms with Gasteiger partial charge >= 0.3 is 5.76 Å². The molecule has 0 aliphatic heterocycles. The Morgan fingerprint density at radius 3 is 2.85 bits per heavy atom. The first-order valence-electron chi connectivity index (χ1n) is 9.20. The lowest BCUT2D eigenvalue weighted by molar-refractivity contribution is -0.384. The van der Waals surface area contributed by atoms with Gasteiger partial charge in [0.15, 0.2) is 5.58 Å². The number of nitro groups is 1. The van der Waals surface area contributed by atoms with Gasteiger partial charge in [-0.25, -0.2) is 4.79 Å². The molecule has 1 aliphatic carbocycles. The molecule has 0 spiro atoms. The summed E-state index contributed by atoms with van der Waals surface area (Å²) in [7, 11) is 0. The lowest BCUT2D eigenvalue weighted by Gasteiger charge is -2.21. The minimum atomic E-state index is -0.721. The molecule has 9 nitrogen and oxygen atoms in total. The van der Waals surface area contributed by atoms with E-state index in [1.165, 1.54) is 37.5 Å². The van der Waals surface area contributed by atoms with Crippen LogP contribution < -0.4 is 11.1 Å². The molecule has 27 heavy (non-hydrogen) atoms. The maximum atomic E-state index is 12.1. The third-order valence-corrected chi connectivity index (χ3v) is 4.71. The first kappa shape index (κ1) is 19.1. The number of non-ortho nitro benzene ring substituents is 1. The van der Waals surface area contributed by atoms with Crippen molar-refractivity contribution in [3.63, 3.8) is 0 Å². The van der Waals surface area contributed by atoms with Crippen LogP contribution in [-0.2, 0) is 16.1 Å². The van der Waals surface area contributed by atoms with E-state index in [1.807, 2.05) is 0 Å². The molecule has 1 saturated carbocycles. The average Bonchev–Trinajstić information content (AvgIpc) is 2.97. The molecule has 1 fully saturated rings. The molecule has 0 saturated heterocycles. The fourth-order valence-electron chi connectivity index (χ4n) is 3.30. The van der Waals surface area contributed by atoms with E-state index >= 15 is 0 Å². The quantitative estimate of drug-likeness (QED) is 0.429. The zero-order valence-electron chi connectivity index (χ0n) is 15.0. The number of aromatic nitrogens is 1. The number of nitrogens with one attached hydrogen (secondary N) is 1. The Kier molecular flexibility index (Phi) is 6.23. The summed E-state index contributed by atoms with van der Waals surface area (Å²) in [6.45, 7) is 0.859. The summed E-state index contributed by atoms with van der Waals surface area (Å²) in [4.78, 5) is 34.2. The van der Waals surface area contributed by atoms with Crippen LogP contribution in [-0.4, -0.2) is 34.7 Å². The van der Waals surface area contributed by atoms with Crippen molar-refractivity contribution in [3.05, 3.63) is 38.9 Å². The highest BCUT2D eigenvalue weighted by molar-refractivity contribution is 5.80. The molecule has 146 valence electrons. The molecule has 1 aromatic heterocycles. The predicted molar refractivity (Wildman–Crippen MR) is 97.6 cm³/mol. The first-order valence-corrected chi connectivity index (χ1v) is 9.20. The van der Waals surface area contributed by atoms with Crippen molar-refractivity contribution in [1.82, 2.24) is 9.88 Å². The van der Waals surface area contributed by atoms with Gasteiger partial charge in [-0.3, -0.25) is 19.5 Å². The van der Waals surface area contributed by atoms with E-state index in [-0.39, 0.29) is 23.7 Å². The van der Waals surface area contributed by atoms with Gasteiger partial charge in [0.1, 0.15) is 6.54 Å². The first-order chi connectivity index (χ1) is 13.0. The second-order valence-corrected chi connectivity index (χ2v) is 6.70. The highest BCUT2D eigenvalue weighted by atomic mass is 16.6. The van der Waals surface area contributed by atoms with Gasteiger partial charge in [-0.2, -0.15) is 0 Å². The third kappa shape index (κ3) is 4.94. The Balaban J connectivity index is 1.48. The van der Waals surface area contributed by atoms with Crippen LogP contribution in [0.2, 0.25) is 0 Å². The molecule has 2 aromatic rings. The zero-order chi connectivity index (χ0) is 19.2. The summed E-state index contributed by atoms with van der Waals surface area (Å²) >= 11 is 0. The molecule has 0 radical (unpaired) electrons. The summed E-state index contributed by atoms with van der Waals surface area (Å²) in [5, 5.41) is 13.5. The summed E-state index contributed by atoms with van der Waals surface area (Å²) in [5.74, 6) is -1.04. The maximum Gasteiger partial charge on any atom is 0.420 e. The highest BCUT2D eigenvalue weighted by Gasteiger charge is 2.16. The zero-order valence-corrected chi connectivity index (χ0v) is 15.0. The lowest BCUT2D eigenvalue weighted by Crippen LogP contribution is -2.32. The maximum absolute atomic E-state index is 12.1. The Morgan fingerprint density at radius 1 is 1.33 bits per heavy atom. The molecule has 0 unspecified atom stereocenters. The van der Waals surface area contributed by atoms with E-state index in [1.54, 1.807) is 0 Å². The molecule has 1 N–H and O–H groups in total. The smallest absolute Gasteiger partial charge is 0.407 e. The largest absolute Gasteiger partial charge is 0.420 e. The summed E-state index contributed by atoms with van der Waals surface area (Å²) in [6, 6.07) is 3.85. The van der Waals surface area contributed by atoms with E-state index in [2.05, 4.69) is 5.32 Å². The fourth-order valence-corrected chi connectivity index (χ4v) is 3.30. The van der Waals surface area contributed by atoms with Crippen molar-refractivity contribution >= 4 is 22.7 Å². The number of nitrogens with zero attached hydrogens (tertiary/aromatic N) is 2. The van der Waals surface area contributed by atoms with Crippen molar-refractivity contribution in [2.24, 2.45) is 0 Å². The number of hydrogen-bond acceptors (Lipinski definition) is 6. The van der Waals surface area contributed by atoms with Gasteiger partial charge in [0.05, 0.1) is 22.6 Å². The molecule has 1 heterocycles. The van der Waals surface area contributed by atoms with Crippen molar-refractivity contribution < 1.29 is 18.9 Å². The van der Waals surface area contributed by atoms with E-state index in [4.69, 9.17) is 9.15 Å². The lowest BCUT2D eigenvalue weighted by atomic mass is 9.98. The second kappa shape index (κ2) is 8.81. The van der Waals surface area contributed by atoms with Crippen molar-refractivity contribution in [2.75, 3.05) is 13.2 Å². The number of benzene rings is 1. The molecule has 9 heteroatoms.